The highest BCUT2D eigenvalue weighted by atomic mass is 16.6. The van der Waals surface area contributed by atoms with Gasteiger partial charge in [-0.1, -0.05) is 25.0 Å². The minimum atomic E-state index is 0.218. The van der Waals surface area contributed by atoms with Crippen LogP contribution in [-0.4, -0.2) is 18.3 Å². The lowest BCUT2D eigenvalue weighted by molar-refractivity contribution is -0.0509. The summed E-state index contributed by atoms with van der Waals surface area (Å²) >= 11 is 0. The van der Waals surface area contributed by atoms with E-state index in [1.54, 1.807) is 0 Å². The molecule has 1 aromatic carbocycles. The average molecular weight is 260 g/mol. The Labute approximate surface area is 116 Å². The second kappa shape index (κ2) is 5.16. The maximum atomic E-state index is 6.28. The zero-order valence-electron chi connectivity index (χ0n) is 12.1. The molecule has 104 valence electrons. The van der Waals surface area contributed by atoms with Crippen LogP contribution in [0.15, 0.2) is 18.2 Å². The Kier molecular flexibility index (Phi) is 3.53. The molecule has 3 rings (SSSR count). The molecule has 1 spiro atoms. The molecule has 1 heterocycles. The summed E-state index contributed by atoms with van der Waals surface area (Å²) in [4.78, 5) is 0. The molecule has 2 heteroatoms. The van der Waals surface area contributed by atoms with Crippen molar-refractivity contribution in [1.29, 1.82) is 0 Å². The lowest BCUT2D eigenvalue weighted by atomic mass is 9.98. The third-order valence-corrected chi connectivity index (χ3v) is 4.83. The Morgan fingerprint density at radius 1 is 1.21 bits per heavy atom. The van der Waals surface area contributed by atoms with Crippen molar-refractivity contribution >= 4 is 0 Å². The van der Waals surface area contributed by atoms with E-state index < -0.39 is 0 Å². The molecular weight excluding hydrogens is 236 g/mol. The molecule has 0 radical (unpaired) electrons. The Morgan fingerprint density at radius 2 is 2.00 bits per heavy atom. The fourth-order valence-corrected chi connectivity index (χ4v) is 3.46. The zero-order valence-corrected chi connectivity index (χ0v) is 12.1. The van der Waals surface area contributed by atoms with E-state index in [9.17, 15) is 0 Å². The standard InChI is InChI=1S/C17H24O2/c1-13-6-5-7-16(14(13)2)18-12-15-8-11-17(19-15)9-3-4-10-17/h5-7,15H,3-4,8-12H2,1-2H3. The molecule has 1 unspecified atom stereocenters. The van der Waals surface area contributed by atoms with Gasteiger partial charge in [0.1, 0.15) is 12.4 Å². The minimum Gasteiger partial charge on any atom is -0.491 e. The number of aryl methyl sites for hydroxylation is 1. The predicted molar refractivity (Wildman–Crippen MR) is 76.7 cm³/mol. The topological polar surface area (TPSA) is 18.5 Å². The van der Waals surface area contributed by atoms with Crippen molar-refractivity contribution in [3.63, 3.8) is 0 Å². The summed E-state index contributed by atoms with van der Waals surface area (Å²) in [7, 11) is 0. The van der Waals surface area contributed by atoms with Crippen LogP contribution < -0.4 is 4.74 Å². The van der Waals surface area contributed by atoms with Crippen molar-refractivity contribution < 1.29 is 9.47 Å². The maximum Gasteiger partial charge on any atom is 0.122 e. The molecule has 1 aliphatic carbocycles. The van der Waals surface area contributed by atoms with Gasteiger partial charge >= 0.3 is 0 Å². The van der Waals surface area contributed by atoms with E-state index >= 15 is 0 Å². The molecule has 2 nitrogen and oxygen atoms in total. The number of hydrogen-bond acceptors (Lipinski definition) is 2. The summed E-state index contributed by atoms with van der Waals surface area (Å²) in [5.41, 5.74) is 2.75. The van der Waals surface area contributed by atoms with E-state index in [-0.39, 0.29) is 11.7 Å². The summed E-state index contributed by atoms with van der Waals surface area (Å²) in [5, 5.41) is 0. The first kappa shape index (κ1) is 13.0. The Balaban J connectivity index is 1.57. The highest BCUT2D eigenvalue weighted by molar-refractivity contribution is 5.38. The molecule has 2 fully saturated rings. The molecule has 0 bridgehead atoms. The number of hydrogen-bond donors (Lipinski definition) is 0. The number of benzene rings is 1. The minimum absolute atomic E-state index is 0.218. The van der Waals surface area contributed by atoms with Gasteiger partial charge in [0.25, 0.3) is 0 Å². The fourth-order valence-electron chi connectivity index (χ4n) is 3.46. The van der Waals surface area contributed by atoms with Crippen LogP contribution in [0, 0.1) is 13.8 Å². The summed E-state index contributed by atoms with van der Waals surface area (Å²) in [6, 6.07) is 6.25. The van der Waals surface area contributed by atoms with Gasteiger partial charge in [0.2, 0.25) is 0 Å². The largest absolute Gasteiger partial charge is 0.491 e. The van der Waals surface area contributed by atoms with Crippen molar-refractivity contribution in [2.45, 2.75) is 64.1 Å². The van der Waals surface area contributed by atoms with Crippen LogP contribution in [0.25, 0.3) is 0 Å². The van der Waals surface area contributed by atoms with Gasteiger partial charge in [0.05, 0.1) is 11.7 Å². The van der Waals surface area contributed by atoms with E-state index in [1.807, 2.05) is 0 Å². The number of rotatable bonds is 3. The molecule has 0 amide bonds. The van der Waals surface area contributed by atoms with Gasteiger partial charge in [-0.05, 0) is 56.7 Å². The smallest absolute Gasteiger partial charge is 0.122 e. The molecule has 1 saturated heterocycles. The van der Waals surface area contributed by atoms with Gasteiger partial charge in [-0.2, -0.15) is 0 Å². The second-order valence-corrected chi connectivity index (χ2v) is 6.18. The average Bonchev–Trinajstić information content (AvgIpc) is 3.02. The van der Waals surface area contributed by atoms with Crippen LogP contribution in [0.2, 0.25) is 0 Å². The van der Waals surface area contributed by atoms with Crippen molar-refractivity contribution in [2.75, 3.05) is 6.61 Å². The molecule has 1 aliphatic heterocycles. The van der Waals surface area contributed by atoms with Crippen LogP contribution in [0.4, 0.5) is 0 Å². The summed E-state index contributed by atoms with van der Waals surface area (Å²) < 4.78 is 12.3. The zero-order chi connectivity index (χ0) is 13.3. The van der Waals surface area contributed by atoms with Gasteiger partial charge in [0.15, 0.2) is 0 Å². The van der Waals surface area contributed by atoms with Gasteiger partial charge in [-0.25, -0.2) is 0 Å². The maximum absolute atomic E-state index is 6.28. The molecule has 2 aliphatic rings. The Morgan fingerprint density at radius 3 is 2.79 bits per heavy atom. The van der Waals surface area contributed by atoms with Crippen molar-refractivity contribution in [1.82, 2.24) is 0 Å². The first-order valence-corrected chi connectivity index (χ1v) is 7.55. The number of ether oxygens (including phenoxy) is 2. The molecule has 1 aromatic rings. The lowest BCUT2D eigenvalue weighted by Crippen LogP contribution is -2.27. The third-order valence-electron chi connectivity index (χ3n) is 4.83. The van der Waals surface area contributed by atoms with Gasteiger partial charge in [0, 0.05) is 0 Å². The van der Waals surface area contributed by atoms with Gasteiger partial charge in [-0.15, -0.1) is 0 Å². The van der Waals surface area contributed by atoms with Crippen LogP contribution in [0.5, 0.6) is 5.75 Å². The highest BCUT2D eigenvalue weighted by Gasteiger charge is 2.42. The molecule has 1 atom stereocenters. The lowest BCUT2D eigenvalue weighted by Gasteiger charge is -2.24. The van der Waals surface area contributed by atoms with E-state index in [2.05, 4.69) is 32.0 Å². The van der Waals surface area contributed by atoms with Crippen molar-refractivity contribution in [3.8, 4) is 5.75 Å². The molecular formula is C17H24O2. The highest BCUT2D eigenvalue weighted by Crippen LogP contribution is 2.43. The van der Waals surface area contributed by atoms with Gasteiger partial charge in [-0.3, -0.25) is 0 Å². The quantitative estimate of drug-likeness (QED) is 0.812. The van der Waals surface area contributed by atoms with Gasteiger partial charge < -0.3 is 9.47 Å². The molecule has 0 N–H and O–H groups in total. The first-order valence-electron chi connectivity index (χ1n) is 7.55. The third kappa shape index (κ3) is 2.64. The summed E-state index contributed by atoms with van der Waals surface area (Å²) in [6.07, 6.45) is 7.87. The van der Waals surface area contributed by atoms with E-state index in [0.29, 0.717) is 6.61 Å². The monoisotopic (exact) mass is 260 g/mol. The van der Waals surface area contributed by atoms with E-state index in [4.69, 9.17) is 9.47 Å². The van der Waals surface area contributed by atoms with Crippen LogP contribution in [-0.2, 0) is 4.74 Å². The van der Waals surface area contributed by atoms with Crippen LogP contribution >= 0.6 is 0 Å². The van der Waals surface area contributed by atoms with E-state index in [0.717, 1.165) is 12.2 Å². The Hall–Kier alpha value is -1.02. The second-order valence-electron chi connectivity index (χ2n) is 6.18. The molecule has 1 saturated carbocycles. The first-order chi connectivity index (χ1) is 9.19. The van der Waals surface area contributed by atoms with Crippen molar-refractivity contribution in [2.24, 2.45) is 0 Å². The van der Waals surface area contributed by atoms with Crippen molar-refractivity contribution in [3.05, 3.63) is 29.3 Å². The summed E-state index contributed by atoms with van der Waals surface area (Å²) in [6.45, 7) is 4.95. The fraction of sp³-hybridized carbons (Fsp3) is 0.647. The van der Waals surface area contributed by atoms with Crippen LogP contribution in [0.3, 0.4) is 0 Å². The SMILES string of the molecule is Cc1cccc(OCC2CCC3(CCCC3)O2)c1C. The Bertz CT molecular complexity index is 447. The molecule has 19 heavy (non-hydrogen) atoms. The molecule has 0 aromatic heterocycles. The summed E-state index contributed by atoms with van der Waals surface area (Å²) in [5.74, 6) is 1.01. The van der Waals surface area contributed by atoms with Crippen LogP contribution in [0.1, 0.15) is 49.7 Å². The predicted octanol–water partition coefficient (Wildman–Crippen LogP) is 4.17. The van der Waals surface area contributed by atoms with E-state index in [1.165, 1.54) is 43.2 Å². The normalized spacial score (nSPS) is 25.1.